The van der Waals surface area contributed by atoms with Gasteiger partial charge in [0.05, 0.1) is 41.7 Å². The quantitative estimate of drug-likeness (QED) is 0.274. The van der Waals surface area contributed by atoms with Crippen LogP contribution in [0, 0.1) is 0 Å². The van der Waals surface area contributed by atoms with Gasteiger partial charge < -0.3 is 14.4 Å². The van der Waals surface area contributed by atoms with Crippen molar-refractivity contribution < 1.29 is 33.4 Å². The number of carbonyl (C=O) groups is 5. The number of fused-ring (bicyclic) bond motifs is 1. The smallest absolute Gasteiger partial charge is 0.333 e. The van der Waals surface area contributed by atoms with Crippen LogP contribution < -0.4 is 0 Å². The van der Waals surface area contributed by atoms with Gasteiger partial charge in [0, 0.05) is 6.54 Å². The van der Waals surface area contributed by atoms with Gasteiger partial charge in [-0.05, 0) is 25.5 Å². The van der Waals surface area contributed by atoms with Crippen molar-refractivity contribution in [2.24, 2.45) is 0 Å². The first-order valence-corrected chi connectivity index (χ1v) is 10.2. The highest BCUT2D eigenvalue weighted by molar-refractivity contribution is 8.04. The third-order valence-electron chi connectivity index (χ3n) is 4.68. The molecule has 1 aromatic rings. The Morgan fingerprint density at radius 1 is 1.17 bits per heavy atom. The number of carbonyl (C=O) groups excluding carboxylic acids is 5. The molecule has 0 aromatic heterocycles. The summed E-state index contributed by atoms with van der Waals surface area (Å²) in [4.78, 5) is 62.9. The minimum Gasteiger partial charge on any atom is -0.466 e. The van der Waals surface area contributed by atoms with E-state index in [0.29, 0.717) is 11.4 Å². The maximum atomic E-state index is 12.4. The zero-order chi connectivity index (χ0) is 21.8. The highest BCUT2D eigenvalue weighted by Crippen LogP contribution is 2.29. The lowest BCUT2D eigenvalue weighted by Crippen LogP contribution is -2.43. The van der Waals surface area contributed by atoms with Gasteiger partial charge in [-0.1, -0.05) is 23.9 Å². The van der Waals surface area contributed by atoms with Crippen LogP contribution in [-0.4, -0.2) is 71.5 Å². The molecule has 3 rings (SSSR count). The lowest BCUT2D eigenvalue weighted by molar-refractivity contribution is -0.147. The molecule has 1 fully saturated rings. The fourth-order valence-electron chi connectivity index (χ4n) is 3.11. The number of methoxy groups -OCH3 is 1. The molecular weight excluding hydrogens is 412 g/mol. The third kappa shape index (κ3) is 4.23. The summed E-state index contributed by atoms with van der Waals surface area (Å²) in [5.41, 5.74) is 0.522. The van der Waals surface area contributed by atoms with E-state index in [-0.39, 0.29) is 35.9 Å². The van der Waals surface area contributed by atoms with Gasteiger partial charge in [0.1, 0.15) is 6.04 Å². The number of imide groups is 1. The Bertz CT molecular complexity index is 908. The molecule has 1 aromatic carbocycles. The Labute approximate surface area is 177 Å². The molecular formula is C20H20N2O7S. The molecule has 0 N–H and O–H groups in total. The number of amides is 3. The lowest BCUT2D eigenvalue weighted by Gasteiger charge is -2.21. The Balaban J connectivity index is 1.52. The highest BCUT2D eigenvalue weighted by Gasteiger charge is 2.41. The van der Waals surface area contributed by atoms with Crippen molar-refractivity contribution in [3.05, 3.63) is 46.5 Å². The van der Waals surface area contributed by atoms with Gasteiger partial charge in [-0.25, -0.2) is 9.59 Å². The molecule has 2 aliphatic rings. The summed E-state index contributed by atoms with van der Waals surface area (Å²) in [7, 11) is 1.25. The van der Waals surface area contributed by atoms with E-state index in [2.05, 4.69) is 4.74 Å². The van der Waals surface area contributed by atoms with Crippen LogP contribution in [0.15, 0.2) is 35.4 Å². The topological polar surface area (TPSA) is 110 Å². The van der Waals surface area contributed by atoms with E-state index in [9.17, 15) is 24.0 Å². The molecule has 30 heavy (non-hydrogen) atoms. The van der Waals surface area contributed by atoms with E-state index >= 15 is 0 Å². The second-order valence-corrected chi connectivity index (χ2v) is 7.56. The van der Waals surface area contributed by atoms with Gasteiger partial charge in [-0.2, -0.15) is 0 Å². The van der Waals surface area contributed by atoms with Crippen LogP contribution in [0.2, 0.25) is 0 Å². The third-order valence-corrected chi connectivity index (χ3v) is 5.70. The number of thioether (sulfide) groups is 1. The SMILES string of the molecule is COC(=O)/C=C1/SCC(=O)N1CCCOC(=O)C(C)N1C(=O)c2ccccc2C1=O. The molecule has 158 valence electrons. The largest absolute Gasteiger partial charge is 0.466 e. The Morgan fingerprint density at radius 2 is 1.80 bits per heavy atom. The summed E-state index contributed by atoms with van der Waals surface area (Å²) >= 11 is 1.23. The van der Waals surface area contributed by atoms with Crippen molar-refractivity contribution in [1.82, 2.24) is 9.80 Å². The van der Waals surface area contributed by atoms with Crippen LogP contribution in [-0.2, 0) is 23.9 Å². The molecule has 0 spiro atoms. The number of benzene rings is 1. The van der Waals surface area contributed by atoms with Crippen molar-refractivity contribution in [2.75, 3.05) is 26.0 Å². The molecule has 0 aliphatic carbocycles. The lowest BCUT2D eigenvalue weighted by atomic mass is 10.1. The minimum absolute atomic E-state index is 0.00765. The van der Waals surface area contributed by atoms with Gasteiger partial charge in [-0.3, -0.25) is 19.3 Å². The number of esters is 2. The predicted molar refractivity (Wildman–Crippen MR) is 106 cm³/mol. The van der Waals surface area contributed by atoms with Crippen molar-refractivity contribution in [2.45, 2.75) is 19.4 Å². The first-order valence-electron chi connectivity index (χ1n) is 9.21. The van der Waals surface area contributed by atoms with Crippen molar-refractivity contribution in [1.29, 1.82) is 0 Å². The van der Waals surface area contributed by atoms with Crippen molar-refractivity contribution in [3.63, 3.8) is 0 Å². The molecule has 2 aliphatic heterocycles. The molecule has 1 atom stereocenters. The van der Waals surface area contributed by atoms with E-state index in [4.69, 9.17) is 4.74 Å². The van der Waals surface area contributed by atoms with Crippen LogP contribution in [0.1, 0.15) is 34.1 Å². The van der Waals surface area contributed by atoms with E-state index < -0.39 is 29.8 Å². The number of nitrogens with zero attached hydrogens (tertiary/aromatic N) is 2. The first-order chi connectivity index (χ1) is 14.3. The zero-order valence-electron chi connectivity index (χ0n) is 16.5. The summed E-state index contributed by atoms with van der Waals surface area (Å²) < 4.78 is 9.78. The van der Waals surface area contributed by atoms with Crippen LogP contribution in [0.4, 0.5) is 0 Å². The molecule has 1 unspecified atom stereocenters. The van der Waals surface area contributed by atoms with E-state index in [1.807, 2.05) is 0 Å². The molecule has 10 heteroatoms. The van der Waals surface area contributed by atoms with Crippen LogP contribution in [0.25, 0.3) is 0 Å². The maximum absolute atomic E-state index is 12.4. The Kier molecular flexibility index (Phi) is 6.56. The second-order valence-electron chi connectivity index (χ2n) is 6.56. The monoisotopic (exact) mass is 432 g/mol. The fourth-order valence-corrected chi connectivity index (χ4v) is 4.07. The van der Waals surface area contributed by atoms with Crippen LogP contribution in [0.3, 0.4) is 0 Å². The summed E-state index contributed by atoms with van der Waals surface area (Å²) in [6.45, 7) is 1.68. The predicted octanol–water partition coefficient (Wildman–Crippen LogP) is 1.19. The Hall–Kier alpha value is -3.14. The maximum Gasteiger partial charge on any atom is 0.333 e. The highest BCUT2D eigenvalue weighted by atomic mass is 32.2. The second kappa shape index (κ2) is 9.12. The molecule has 0 bridgehead atoms. The number of hydrogen-bond acceptors (Lipinski definition) is 8. The van der Waals surface area contributed by atoms with Gasteiger partial charge in [0.15, 0.2) is 0 Å². The molecule has 0 saturated carbocycles. The average Bonchev–Trinajstić information content (AvgIpc) is 3.21. The summed E-state index contributed by atoms with van der Waals surface area (Å²) in [5, 5.41) is 0.484. The fraction of sp³-hybridized carbons (Fsp3) is 0.350. The minimum atomic E-state index is -1.07. The zero-order valence-corrected chi connectivity index (χ0v) is 17.3. The van der Waals surface area contributed by atoms with Crippen molar-refractivity contribution >= 4 is 41.4 Å². The van der Waals surface area contributed by atoms with Gasteiger partial charge in [0.2, 0.25) is 5.91 Å². The number of hydrogen-bond donors (Lipinski definition) is 0. The van der Waals surface area contributed by atoms with E-state index in [0.717, 1.165) is 4.90 Å². The van der Waals surface area contributed by atoms with Gasteiger partial charge >= 0.3 is 11.9 Å². The number of rotatable bonds is 7. The Morgan fingerprint density at radius 3 is 2.40 bits per heavy atom. The number of ether oxygens (including phenoxy) is 2. The van der Waals surface area contributed by atoms with E-state index in [1.54, 1.807) is 12.1 Å². The summed E-state index contributed by atoms with van der Waals surface area (Å²) in [5.74, 6) is -2.26. The van der Waals surface area contributed by atoms with Gasteiger partial charge in [-0.15, -0.1) is 0 Å². The molecule has 9 nitrogen and oxygen atoms in total. The summed E-state index contributed by atoms with van der Waals surface area (Å²) in [6.07, 6.45) is 1.57. The van der Waals surface area contributed by atoms with Crippen LogP contribution >= 0.6 is 11.8 Å². The molecule has 0 radical (unpaired) electrons. The molecule has 3 amide bonds. The normalized spacial score (nSPS) is 18.1. The molecule has 2 heterocycles. The average molecular weight is 432 g/mol. The summed E-state index contributed by atoms with van der Waals surface area (Å²) in [6, 6.07) is 5.31. The molecule has 1 saturated heterocycles. The van der Waals surface area contributed by atoms with Crippen LogP contribution in [0.5, 0.6) is 0 Å². The van der Waals surface area contributed by atoms with Gasteiger partial charge in [0.25, 0.3) is 11.8 Å². The standard InChI is InChI=1S/C20H20N2O7S/c1-12(22-18(25)13-6-3-4-7-14(13)19(22)26)20(27)29-9-5-8-21-15(23)11-30-16(21)10-17(24)28-2/h3-4,6-7,10,12H,5,8-9,11H2,1-2H3/b16-10+. The van der Waals surface area contributed by atoms with E-state index in [1.165, 1.54) is 48.9 Å². The van der Waals surface area contributed by atoms with Crippen molar-refractivity contribution in [3.8, 4) is 0 Å². The first kappa shape index (κ1) is 21.6.